The van der Waals surface area contributed by atoms with Crippen molar-refractivity contribution in [3.63, 3.8) is 0 Å². The minimum absolute atomic E-state index is 0.0513. The average Bonchev–Trinajstić information content (AvgIpc) is 2.37. The lowest BCUT2D eigenvalue weighted by molar-refractivity contribution is 0.249. The molecule has 0 aliphatic rings. The second kappa shape index (κ2) is 7.98. The summed E-state index contributed by atoms with van der Waals surface area (Å²) in [5.74, 6) is 2.96. The number of hydrogen-bond acceptors (Lipinski definition) is 3. The Hall–Kier alpha value is -2.19. The lowest BCUT2D eigenvalue weighted by atomic mass is 10.3. The fraction of sp³-hybridized carbons (Fsp3) is 0.308. The number of rotatable bonds is 6. The zero-order valence-corrected chi connectivity index (χ0v) is 9.98. The summed E-state index contributed by atoms with van der Waals surface area (Å²) in [4.78, 5) is 11.4. The molecular formula is C13H16N2O3. The Morgan fingerprint density at radius 3 is 3.06 bits per heavy atom. The van der Waals surface area contributed by atoms with Crippen molar-refractivity contribution in [3.8, 4) is 18.1 Å². The van der Waals surface area contributed by atoms with Crippen molar-refractivity contribution in [3.05, 3.63) is 24.3 Å². The normalized spacial score (nSPS) is 9.33. The van der Waals surface area contributed by atoms with Gasteiger partial charge >= 0.3 is 6.03 Å². The molecule has 3 N–H and O–H groups in total. The van der Waals surface area contributed by atoms with E-state index in [0.717, 1.165) is 0 Å². The molecule has 1 aromatic carbocycles. The van der Waals surface area contributed by atoms with Crippen molar-refractivity contribution in [2.24, 2.45) is 0 Å². The molecule has 5 heteroatoms. The van der Waals surface area contributed by atoms with E-state index < -0.39 is 0 Å². The summed E-state index contributed by atoms with van der Waals surface area (Å²) in [6.07, 6.45) is 5.61. The van der Waals surface area contributed by atoms with Crippen LogP contribution in [0.5, 0.6) is 5.75 Å². The third kappa shape index (κ3) is 5.23. The molecule has 0 atom stereocenters. The first-order valence-electron chi connectivity index (χ1n) is 5.58. The third-order valence-corrected chi connectivity index (χ3v) is 2.03. The number of amides is 2. The summed E-state index contributed by atoms with van der Waals surface area (Å²) in [5, 5.41) is 13.8. The predicted molar refractivity (Wildman–Crippen MR) is 69.5 cm³/mol. The van der Waals surface area contributed by atoms with Gasteiger partial charge in [0.15, 0.2) is 0 Å². The third-order valence-electron chi connectivity index (χ3n) is 2.03. The fourth-order valence-corrected chi connectivity index (χ4v) is 1.24. The van der Waals surface area contributed by atoms with Crippen LogP contribution in [-0.4, -0.2) is 30.9 Å². The molecule has 96 valence electrons. The van der Waals surface area contributed by atoms with Gasteiger partial charge in [-0.1, -0.05) is 12.0 Å². The largest absolute Gasteiger partial charge is 0.481 e. The number of urea groups is 1. The van der Waals surface area contributed by atoms with Gasteiger partial charge in [-0.25, -0.2) is 4.79 Å². The quantitative estimate of drug-likeness (QED) is 0.523. The number of ether oxygens (including phenoxy) is 1. The van der Waals surface area contributed by atoms with Gasteiger partial charge in [-0.2, -0.15) is 0 Å². The predicted octanol–water partition coefficient (Wildman–Crippen LogP) is 1.20. The second-order valence-corrected chi connectivity index (χ2v) is 3.48. The molecule has 5 nitrogen and oxygen atoms in total. The van der Waals surface area contributed by atoms with Gasteiger partial charge in [0, 0.05) is 24.9 Å². The molecule has 0 unspecified atom stereocenters. The Morgan fingerprint density at radius 2 is 2.33 bits per heavy atom. The molecule has 0 saturated carbocycles. The van der Waals surface area contributed by atoms with Gasteiger partial charge in [0.25, 0.3) is 0 Å². The fourth-order valence-electron chi connectivity index (χ4n) is 1.24. The molecule has 0 aliphatic carbocycles. The topological polar surface area (TPSA) is 70.6 Å². The molecule has 2 amide bonds. The maximum Gasteiger partial charge on any atom is 0.319 e. The molecule has 18 heavy (non-hydrogen) atoms. The van der Waals surface area contributed by atoms with Crippen molar-refractivity contribution < 1.29 is 14.6 Å². The van der Waals surface area contributed by atoms with Gasteiger partial charge in [-0.3, -0.25) is 0 Å². The highest BCUT2D eigenvalue weighted by Gasteiger charge is 2.01. The monoisotopic (exact) mass is 248 g/mol. The molecular weight excluding hydrogens is 232 g/mol. The van der Waals surface area contributed by atoms with Gasteiger partial charge in [-0.15, -0.1) is 6.42 Å². The maximum absolute atomic E-state index is 11.4. The Labute approximate surface area is 106 Å². The maximum atomic E-state index is 11.4. The van der Waals surface area contributed by atoms with Crippen LogP contribution in [0, 0.1) is 12.3 Å². The lowest BCUT2D eigenvalue weighted by Gasteiger charge is -2.08. The molecule has 0 bridgehead atoms. The Bertz CT molecular complexity index is 426. The first-order valence-corrected chi connectivity index (χ1v) is 5.58. The molecule has 1 rings (SSSR count). The van der Waals surface area contributed by atoms with E-state index in [2.05, 4.69) is 16.6 Å². The van der Waals surface area contributed by atoms with Gasteiger partial charge < -0.3 is 20.5 Å². The zero-order chi connectivity index (χ0) is 13.2. The molecule has 0 fully saturated rings. The highest BCUT2D eigenvalue weighted by atomic mass is 16.5. The summed E-state index contributed by atoms with van der Waals surface area (Å²) in [6, 6.07) is 6.62. The summed E-state index contributed by atoms with van der Waals surface area (Å²) < 4.78 is 5.24. The average molecular weight is 248 g/mol. The zero-order valence-electron chi connectivity index (χ0n) is 9.98. The van der Waals surface area contributed by atoms with Crippen LogP contribution in [0.3, 0.4) is 0 Å². The van der Waals surface area contributed by atoms with E-state index in [1.54, 1.807) is 24.3 Å². The SMILES string of the molecule is C#CCOc1cccc(NC(=O)NCCCO)c1. The number of anilines is 1. The van der Waals surface area contributed by atoms with Crippen LogP contribution in [0.1, 0.15) is 6.42 Å². The Kier molecular flexibility index (Phi) is 6.15. The summed E-state index contributed by atoms with van der Waals surface area (Å²) in [5.41, 5.74) is 0.617. The van der Waals surface area contributed by atoms with Crippen LogP contribution < -0.4 is 15.4 Å². The number of carbonyl (C=O) groups is 1. The van der Waals surface area contributed by atoms with Crippen molar-refractivity contribution in [2.75, 3.05) is 25.1 Å². The first kappa shape index (κ1) is 13.9. The van der Waals surface area contributed by atoms with Gasteiger partial charge in [0.1, 0.15) is 12.4 Å². The van der Waals surface area contributed by atoms with Crippen LogP contribution in [-0.2, 0) is 0 Å². The van der Waals surface area contributed by atoms with Crippen molar-refractivity contribution in [1.82, 2.24) is 5.32 Å². The molecule has 0 radical (unpaired) electrons. The van der Waals surface area contributed by atoms with Crippen molar-refractivity contribution in [1.29, 1.82) is 0 Å². The number of nitrogens with one attached hydrogen (secondary N) is 2. The number of hydrogen-bond donors (Lipinski definition) is 3. The lowest BCUT2D eigenvalue weighted by Crippen LogP contribution is -2.29. The Balaban J connectivity index is 2.46. The van der Waals surface area contributed by atoms with Crippen LogP contribution in [0.2, 0.25) is 0 Å². The summed E-state index contributed by atoms with van der Waals surface area (Å²) in [7, 11) is 0. The molecule has 1 aromatic rings. The van der Waals surface area contributed by atoms with E-state index in [1.807, 2.05) is 0 Å². The summed E-state index contributed by atoms with van der Waals surface area (Å²) in [6.45, 7) is 0.664. The van der Waals surface area contributed by atoms with Crippen molar-refractivity contribution >= 4 is 11.7 Å². The van der Waals surface area contributed by atoms with E-state index in [1.165, 1.54) is 0 Å². The number of carbonyl (C=O) groups excluding carboxylic acids is 1. The molecule has 0 heterocycles. The summed E-state index contributed by atoms with van der Waals surface area (Å²) >= 11 is 0. The molecule has 0 aromatic heterocycles. The molecule has 0 spiro atoms. The van der Waals surface area contributed by atoms with Crippen LogP contribution in [0.15, 0.2) is 24.3 Å². The first-order chi connectivity index (χ1) is 8.76. The van der Waals surface area contributed by atoms with Crippen LogP contribution >= 0.6 is 0 Å². The van der Waals surface area contributed by atoms with E-state index in [0.29, 0.717) is 24.4 Å². The number of benzene rings is 1. The van der Waals surface area contributed by atoms with Crippen LogP contribution in [0.4, 0.5) is 10.5 Å². The molecule has 0 saturated heterocycles. The minimum atomic E-state index is -0.322. The van der Waals surface area contributed by atoms with E-state index in [4.69, 9.17) is 16.3 Å². The highest BCUT2D eigenvalue weighted by Crippen LogP contribution is 2.16. The van der Waals surface area contributed by atoms with Crippen molar-refractivity contribution in [2.45, 2.75) is 6.42 Å². The van der Waals surface area contributed by atoms with E-state index >= 15 is 0 Å². The number of aliphatic hydroxyl groups is 1. The highest BCUT2D eigenvalue weighted by molar-refractivity contribution is 5.89. The number of terminal acetylenes is 1. The smallest absolute Gasteiger partial charge is 0.319 e. The second-order valence-electron chi connectivity index (χ2n) is 3.48. The van der Waals surface area contributed by atoms with E-state index in [9.17, 15) is 4.79 Å². The number of aliphatic hydroxyl groups excluding tert-OH is 1. The van der Waals surface area contributed by atoms with Gasteiger partial charge in [0.2, 0.25) is 0 Å². The molecule has 0 aliphatic heterocycles. The van der Waals surface area contributed by atoms with Crippen LogP contribution in [0.25, 0.3) is 0 Å². The van der Waals surface area contributed by atoms with E-state index in [-0.39, 0.29) is 19.2 Å². The van der Waals surface area contributed by atoms with Gasteiger partial charge in [0.05, 0.1) is 0 Å². The standard InChI is InChI=1S/C13H16N2O3/c1-2-9-18-12-6-3-5-11(10-12)15-13(17)14-7-4-8-16/h1,3,5-6,10,16H,4,7-9H2,(H2,14,15,17). The minimum Gasteiger partial charge on any atom is -0.481 e. The van der Waals surface area contributed by atoms with Gasteiger partial charge in [-0.05, 0) is 18.6 Å². The Morgan fingerprint density at radius 1 is 1.50 bits per heavy atom.